The molecule has 3 heterocycles. The minimum absolute atomic E-state index is 0.0900. The van der Waals surface area contributed by atoms with Crippen molar-refractivity contribution in [1.29, 1.82) is 0 Å². The van der Waals surface area contributed by atoms with Gasteiger partial charge < -0.3 is 4.74 Å². The fraction of sp³-hybridized carbons (Fsp3) is 0.462. The van der Waals surface area contributed by atoms with Crippen molar-refractivity contribution in [1.82, 2.24) is 19.9 Å². The van der Waals surface area contributed by atoms with Gasteiger partial charge in [0.2, 0.25) is 0 Å². The molecule has 3 rings (SSSR count). The number of aromatic nitrogens is 3. The summed E-state index contributed by atoms with van der Waals surface area (Å²) in [4.78, 5) is 15.4. The topological polar surface area (TPSA) is 51.1 Å². The van der Waals surface area contributed by atoms with Gasteiger partial charge in [0.1, 0.15) is 11.1 Å². The first kappa shape index (κ1) is 12.7. The molecule has 0 spiro atoms. The van der Waals surface area contributed by atoms with E-state index in [1.807, 2.05) is 30.9 Å². The average Bonchev–Trinajstić information content (AvgIpc) is 2.96. The maximum Gasteiger partial charge on any atom is 0.123 e. The molecule has 0 aromatic carbocycles. The summed E-state index contributed by atoms with van der Waals surface area (Å²) < 4.78 is 5.78. The number of nitrogens with zero attached hydrogens (tertiary/aromatic N) is 4. The van der Waals surface area contributed by atoms with Crippen LogP contribution in [0.5, 0.6) is 0 Å². The number of ether oxygens (including phenoxy) is 1. The van der Waals surface area contributed by atoms with Gasteiger partial charge in [0, 0.05) is 43.6 Å². The molecular weight excluding hydrogens is 260 g/mol. The molecule has 6 heteroatoms. The summed E-state index contributed by atoms with van der Waals surface area (Å²) in [6.07, 6.45) is 5.58. The number of thiazole rings is 1. The smallest absolute Gasteiger partial charge is 0.123 e. The number of rotatable bonds is 3. The molecule has 5 nitrogen and oxygen atoms in total. The quantitative estimate of drug-likeness (QED) is 0.856. The molecule has 0 N–H and O–H groups in total. The predicted molar refractivity (Wildman–Crippen MR) is 72.9 cm³/mol. The fourth-order valence-electron chi connectivity index (χ4n) is 2.12. The van der Waals surface area contributed by atoms with E-state index < -0.39 is 0 Å². The number of hydrogen-bond donors (Lipinski definition) is 0. The lowest BCUT2D eigenvalue weighted by molar-refractivity contribution is -0.0333. The van der Waals surface area contributed by atoms with Crippen LogP contribution in [0, 0.1) is 6.92 Å². The molecule has 1 saturated heterocycles. The SMILES string of the molecule is Cc1cnc(CN2CCOC(c3nccs3)C2)cn1. The number of hydrogen-bond acceptors (Lipinski definition) is 6. The van der Waals surface area contributed by atoms with E-state index in [9.17, 15) is 0 Å². The van der Waals surface area contributed by atoms with Gasteiger partial charge >= 0.3 is 0 Å². The summed E-state index contributed by atoms with van der Waals surface area (Å²) in [5, 5.41) is 3.04. The normalized spacial score (nSPS) is 20.6. The first-order valence-electron chi connectivity index (χ1n) is 6.32. The molecule has 1 unspecified atom stereocenters. The molecule has 1 atom stereocenters. The highest BCUT2D eigenvalue weighted by molar-refractivity contribution is 7.09. The third-order valence-corrected chi connectivity index (χ3v) is 3.97. The Bertz CT molecular complexity index is 514. The van der Waals surface area contributed by atoms with Gasteiger partial charge in [0.05, 0.1) is 18.0 Å². The second-order valence-corrected chi connectivity index (χ2v) is 5.54. The highest BCUT2D eigenvalue weighted by atomic mass is 32.1. The van der Waals surface area contributed by atoms with E-state index >= 15 is 0 Å². The molecular formula is C13H16N4OS. The van der Waals surface area contributed by atoms with Gasteiger partial charge in [-0.25, -0.2) is 4.98 Å². The van der Waals surface area contributed by atoms with E-state index in [4.69, 9.17) is 4.74 Å². The van der Waals surface area contributed by atoms with E-state index in [-0.39, 0.29) is 6.10 Å². The van der Waals surface area contributed by atoms with E-state index in [1.54, 1.807) is 11.3 Å². The van der Waals surface area contributed by atoms with Crippen LogP contribution in [0.15, 0.2) is 24.0 Å². The lowest BCUT2D eigenvalue weighted by Crippen LogP contribution is -2.38. The van der Waals surface area contributed by atoms with Crippen LogP contribution in [-0.2, 0) is 11.3 Å². The van der Waals surface area contributed by atoms with Crippen LogP contribution in [0.3, 0.4) is 0 Å². The minimum Gasteiger partial charge on any atom is -0.368 e. The highest BCUT2D eigenvalue weighted by Crippen LogP contribution is 2.24. The molecule has 1 fully saturated rings. The van der Waals surface area contributed by atoms with Crippen LogP contribution in [-0.4, -0.2) is 39.5 Å². The first-order valence-corrected chi connectivity index (χ1v) is 7.20. The Labute approximate surface area is 116 Å². The summed E-state index contributed by atoms with van der Waals surface area (Å²) in [6.45, 7) is 5.30. The standard InChI is InChI=1S/C13H16N4OS/c1-10-6-16-11(7-15-10)8-17-3-4-18-12(9-17)13-14-2-5-19-13/h2,5-7,12H,3-4,8-9H2,1H3. The van der Waals surface area contributed by atoms with Gasteiger partial charge in [-0.05, 0) is 6.92 Å². The fourth-order valence-corrected chi connectivity index (χ4v) is 2.80. The Kier molecular flexibility index (Phi) is 3.82. The van der Waals surface area contributed by atoms with E-state index in [0.717, 1.165) is 42.6 Å². The van der Waals surface area contributed by atoms with E-state index in [2.05, 4.69) is 19.9 Å². The van der Waals surface area contributed by atoms with Crippen molar-refractivity contribution >= 4 is 11.3 Å². The molecule has 2 aromatic heterocycles. The van der Waals surface area contributed by atoms with Crippen molar-refractivity contribution in [2.45, 2.75) is 19.6 Å². The minimum atomic E-state index is 0.0900. The predicted octanol–water partition coefficient (Wildman–Crippen LogP) is 1.82. The van der Waals surface area contributed by atoms with Crippen molar-refractivity contribution < 1.29 is 4.74 Å². The zero-order valence-corrected chi connectivity index (χ0v) is 11.6. The van der Waals surface area contributed by atoms with Gasteiger partial charge in [0.25, 0.3) is 0 Å². The van der Waals surface area contributed by atoms with Crippen molar-refractivity contribution in [2.24, 2.45) is 0 Å². The van der Waals surface area contributed by atoms with Gasteiger partial charge in [-0.15, -0.1) is 11.3 Å². The third kappa shape index (κ3) is 3.15. The number of morpholine rings is 1. The van der Waals surface area contributed by atoms with Crippen LogP contribution in [0.4, 0.5) is 0 Å². The number of aryl methyl sites for hydroxylation is 1. The Hall–Kier alpha value is -1.37. The van der Waals surface area contributed by atoms with Crippen LogP contribution in [0.2, 0.25) is 0 Å². The van der Waals surface area contributed by atoms with Crippen LogP contribution in [0.1, 0.15) is 22.5 Å². The second kappa shape index (κ2) is 5.73. The Balaban J connectivity index is 1.64. The molecule has 1 aliphatic rings. The molecule has 0 saturated carbocycles. The van der Waals surface area contributed by atoms with Crippen molar-refractivity contribution in [3.8, 4) is 0 Å². The van der Waals surface area contributed by atoms with Gasteiger partial charge in [0.15, 0.2) is 0 Å². The largest absolute Gasteiger partial charge is 0.368 e. The van der Waals surface area contributed by atoms with Crippen molar-refractivity contribution in [3.05, 3.63) is 40.4 Å². The molecule has 0 aliphatic carbocycles. The summed E-state index contributed by atoms with van der Waals surface area (Å²) >= 11 is 1.65. The molecule has 19 heavy (non-hydrogen) atoms. The third-order valence-electron chi connectivity index (χ3n) is 3.10. The molecule has 0 radical (unpaired) electrons. The van der Waals surface area contributed by atoms with E-state index in [0.29, 0.717) is 0 Å². The molecule has 2 aromatic rings. The summed E-state index contributed by atoms with van der Waals surface area (Å²) in [6, 6.07) is 0. The van der Waals surface area contributed by atoms with Crippen LogP contribution < -0.4 is 0 Å². The zero-order chi connectivity index (χ0) is 13.1. The molecule has 0 bridgehead atoms. The van der Waals surface area contributed by atoms with E-state index in [1.165, 1.54) is 0 Å². The molecule has 0 amide bonds. The first-order chi connectivity index (χ1) is 9.31. The molecule has 1 aliphatic heterocycles. The van der Waals surface area contributed by atoms with Crippen LogP contribution >= 0.6 is 11.3 Å². The van der Waals surface area contributed by atoms with Gasteiger partial charge in [-0.2, -0.15) is 0 Å². The summed E-state index contributed by atoms with van der Waals surface area (Å²) in [5.74, 6) is 0. The van der Waals surface area contributed by atoms with Crippen molar-refractivity contribution in [3.63, 3.8) is 0 Å². The summed E-state index contributed by atoms with van der Waals surface area (Å²) in [7, 11) is 0. The maximum absolute atomic E-state index is 5.78. The maximum atomic E-state index is 5.78. The lowest BCUT2D eigenvalue weighted by atomic mass is 10.2. The monoisotopic (exact) mass is 276 g/mol. The van der Waals surface area contributed by atoms with Gasteiger partial charge in [-0.3, -0.25) is 14.9 Å². The second-order valence-electron chi connectivity index (χ2n) is 4.61. The van der Waals surface area contributed by atoms with Crippen molar-refractivity contribution in [2.75, 3.05) is 19.7 Å². The average molecular weight is 276 g/mol. The Morgan fingerprint density at radius 3 is 3.05 bits per heavy atom. The molecule has 100 valence electrons. The van der Waals surface area contributed by atoms with Gasteiger partial charge in [-0.1, -0.05) is 0 Å². The lowest BCUT2D eigenvalue weighted by Gasteiger charge is -2.31. The summed E-state index contributed by atoms with van der Waals surface area (Å²) in [5.41, 5.74) is 1.96. The zero-order valence-electron chi connectivity index (χ0n) is 10.8. The Morgan fingerprint density at radius 1 is 1.37 bits per heavy atom. The van der Waals surface area contributed by atoms with Crippen LogP contribution in [0.25, 0.3) is 0 Å². The highest BCUT2D eigenvalue weighted by Gasteiger charge is 2.23. The Morgan fingerprint density at radius 2 is 2.32 bits per heavy atom.